The highest BCUT2D eigenvalue weighted by atomic mass is 35.5. The summed E-state index contributed by atoms with van der Waals surface area (Å²) in [6.45, 7) is 3.42. The van der Waals surface area contributed by atoms with E-state index in [0.717, 1.165) is 37.5 Å². The third kappa shape index (κ3) is 2.23. The molecule has 3 rings (SSSR count). The van der Waals surface area contributed by atoms with Gasteiger partial charge in [0.1, 0.15) is 12.2 Å². The molecule has 2 aromatic rings. The highest BCUT2D eigenvalue weighted by molar-refractivity contribution is 6.20. The Kier molecular flexibility index (Phi) is 3.76. The summed E-state index contributed by atoms with van der Waals surface area (Å²) in [5, 5.41) is -0.197. The predicted molar refractivity (Wildman–Crippen MR) is 75.2 cm³/mol. The van der Waals surface area contributed by atoms with Crippen molar-refractivity contribution in [2.24, 2.45) is 0 Å². The van der Waals surface area contributed by atoms with E-state index in [0.29, 0.717) is 17.4 Å². The van der Waals surface area contributed by atoms with Gasteiger partial charge in [0.25, 0.3) is 0 Å². The molecule has 1 fully saturated rings. The molecule has 0 bridgehead atoms. The lowest BCUT2D eigenvalue weighted by molar-refractivity contribution is 0.0697. The molecule has 2 aromatic heterocycles. The number of aromatic nitrogens is 4. The maximum Gasteiger partial charge on any atom is 0.245 e. The van der Waals surface area contributed by atoms with Gasteiger partial charge in [0.05, 0.1) is 12.5 Å². The van der Waals surface area contributed by atoms with Crippen LogP contribution in [0.5, 0.6) is 5.88 Å². The van der Waals surface area contributed by atoms with Crippen LogP contribution in [0.4, 0.5) is 0 Å². The first-order valence-electron chi connectivity index (χ1n) is 6.71. The Bertz CT molecular complexity index is 608. The van der Waals surface area contributed by atoms with E-state index < -0.39 is 0 Å². The Labute approximate surface area is 122 Å². The van der Waals surface area contributed by atoms with Crippen LogP contribution in [0.2, 0.25) is 0 Å². The standard InChI is InChI=1S/C13H17ClN4O2/c1-8(14)11-17-10-12(15-7-16-13(10)19-2)18(11)9-3-5-20-6-4-9/h7-9H,3-6H2,1-2H3. The summed E-state index contributed by atoms with van der Waals surface area (Å²) in [6, 6.07) is 0.310. The van der Waals surface area contributed by atoms with E-state index in [1.54, 1.807) is 7.11 Å². The molecular weight excluding hydrogens is 280 g/mol. The molecule has 1 aliphatic heterocycles. The number of hydrogen-bond donors (Lipinski definition) is 0. The number of ether oxygens (including phenoxy) is 2. The Morgan fingerprint density at radius 2 is 2.15 bits per heavy atom. The van der Waals surface area contributed by atoms with Crippen LogP contribution in [-0.2, 0) is 4.74 Å². The second-order valence-electron chi connectivity index (χ2n) is 4.85. The molecule has 0 aromatic carbocycles. The monoisotopic (exact) mass is 296 g/mol. The summed E-state index contributed by atoms with van der Waals surface area (Å²) in [6.07, 6.45) is 3.38. The molecule has 1 aliphatic rings. The SMILES string of the molecule is COc1ncnc2c1nc(C(C)Cl)n2C1CCOCC1. The Hall–Kier alpha value is -1.40. The van der Waals surface area contributed by atoms with Crippen LogP contribution < -0.4 is 4.74 Å². The van der Waals surface area contributed by atoms with Crippen molar-refractivity contribution >= 4 is 22.8 Å². The molecule has 0 N–H and O–H groups in total. The van der Waals surface area contributed by atoms with Gasteiger partial charge in [0, 0.05) is 19.3 Å². The third-order valence-electron chi connectivity index (χ3n) is 3.58. The van der Waals surface area contributed by atoms with Gasteiger partial charge in [-0.3, -0.25) is 0 Å². The van der Waals surface area contributed by atoms with E-state index in [-0.39, 0.29) is 5.38 Å². The van der Waals surface area contributed by atoms with E-state index >= 15 is 0 Å². The Balaban J connectivity index is 2.18. The molecule has 0 aliphatic carbocycles. The zero-order valence-corrected chi connectivity index (χ0v) is 12.3. The first-order chi connectivity index (χ1) is 9.72. The lowest BCUT2D eigenvalue weighted by atomic mass is 10.1. The third-order valence-corrected chi connectivity index (χ3v) is 3.77. The van der Waals surface area contributed by atoms with Gasteiger partial charge in [0.15, 0.2) is 11.2 Å². The van der Waals surface area contributed by atoms with Crippen LogP contribution in [0.25, 0.3) is 11.2 Å². The fourth-order valence-corrected chi connectivity index (χ4v) is 2.79. The van der Waals surface area contributed by atoms with Crippen LogP contribution in [-0.4, -0.2) is 39.8 Å². The van der Waals surface area contributed by atoms with Gasteiger partial charge < -0.3 is 14.0 Å². The molecule has 108 valence electrons. The molecule has 1 unspecified atom stereocenters. The lowest BCUT2D eigenvalue weighted by Crippen LogP contribution is -2.21. The maximum absolute atomic E-state index is 6.29. The van der Waals surface area contributed by atoms with Crippen molar-refractivity contribution in [1.29, 1.82) is 0 Å². The molecule has 1 saturated heterocycles. The number of imidazole rings is 1. The zero-order chi connectivity index (χ0) is 14.1. The average molecular weight is 297 g/mol. The number of hydrogen-bond acceptors (Lipinski definition) is 5. The first-order valence-corrected chi connectivity index (χ1v) is 7.14. The van der Waals surface area contributed by atoms with Gasteiger partial charge in [-0.15, -0.1) is 11.6 Å². The first kappa shape index (κ1) is 13.6. The van der Waals surface area contributed by atoms with Crippen molar-refractivity contribution in [3.63, 3.8) is 0 Å². The summed E-state index contributed by atoms with van der Waals surface area (Å²) < 4.78 is 12.8. The molecule has 6 nitrogen and oxygen atoms in total. The number of halogens is 1. The van der Waals surface area contributed by atoms with E-state index in [1.165, 1.54) is 6.33 Å². The van der Waals surface area contributed by atoms with Crippen molar-refractivity contribution < 1.29 is 9.47 Å². The summed E-state index contributed by atoms with van der Waals surface area (Å²) >= 11 is 6.29. The normalized spacial score (nSPS) is 18.4. The maximum atomic E-state index is 6.29. The molecule has 0 saturated carbocycles. The van der Waals surface area contributed by atoms with E-state index in [1.807, 2.05) is 6.92 Å². The van der Waals surface area contributed by atoms with Gasteiger partial charge in [-0.05, 0) is 19.8 Å². The molecule has 1 atom stereocenters. The molecule has 0 amide bonds. The minimum atomic E-state index is -0.197. The van der Waals surface area contributed by atoms with Crippen molar-refractivity contribution in [3.8, 4) is 5.88 Å². The largest absolute Gasteiger partial charge is 0.479 e. The Morgan fingerprint density at radius 1 is 1.40 bits per heavy atom. The molecule has 0 spiro atoms. The number of methoxy groups -OCH3 is 1. The number of alkyl halides is 1. The van der Waals surface area contributed by atoms with Crippen LogP contribution >= 0.6 is 11.6 Å². The summed E-state index contributed by atoms with van der Waals surface area (Å²) in [7, 11) is 1.58. The molecular formula is C13H17ClN4O2. The second-order valence-corrected chi connectivity index (χ2v) is 5.51. The summed E-state index contributed by atoms with van der Waals surface area (Å²) in [5.74, 6) is 1.30. The van der Waals surface area contributed by atoms with Gasteiger partial charge in [-0.1, -0.05) is 0 Å². The highest BCUT2D eigenvalue weighted by Gasteiger charge is 2.26. The van der Waals surface area contributed by atoms with Crippen molar-refractivity contribution in [1.82, 2.24) is 19.5 Å². The zero-order valence-electron chi connectivity index (χ0n) is 11.5. The Morgan fingerprint density at radius 3 is 2.80 bits per heavy atom. The molecule has 20 heavy (non-hydrogen) atoms. The minimum absolute atomic E-state index is 0.197. The van der Waals surface area contributed by atoms with Gasteiger partial charge >= 0.3 is 0 Å². The minimum Gasteiger partial charge on any atom is -0.479 e. The van der Waals surface area contributed by atoms with E-state index in [2.05, 4.69) is 19.5 Å². The smallest absolute Gasteiger partial charge is 0.245 e. The van der Waals surface area contributed by atoms with Gasteiger partial charge in [-0.25, -0.2) is 9.97 Å². The fraction of sp³-hybridized carbons (Fsp3) is 0.615. The van der Waals surface area contributed by atoms with Gasteiger partial charge in [0.2, 0.25) is 5.88 Å². The number of nitrogens with zero attached hydrogens (tertiary/aromatic N) is 4. The highest BCUT2D eigenvalue weighted by Crippen LogP contribution is 2.33. The van der Waals surface area contributed by atoms with Crippen LogP contribution in [0.3, 0.4) is 0 Å². The number of fused-ring (bicyclic) bond motifs is 1. The predicted octanol–water partition coefficient (Wildman–Crippen LogP) is 2.49. The number of rotatable bonds is 3. The summed E-state index contributed by atoms with van der Waals surface area (Å²) in [5.41, 5.74) is 1.45. The van der Waals surface area contributed by atoms with E-state index in [9.17, 15) is 0 Å². The van der Waals surface area contributed by atoms with Gasteiger partial charge in [-0.2, -0.15) is 4.98 Å². The average Bonchev–Trinajstić information content (AvgIpc) is 2.87. The topological polar surface area (TPSA) is 62.1 Å². The molecule has 7 heteroatoms. The molecule has 3 heterocycles. The fourth-order valence-electron chi connectivity index (χ4n) is 2.64. The van der Waals surface area contributed by atoms with E-state index in [4.69, 9.17) is 21.1 Å². The van der Waals surface area contributed by atoms with Crippen LogP contribution in [0.1, 0.15) is 37.0 Å². The summed E-state index contributed by atoms with van der Waals surface area (Å²) in [4.78, 5) is 13.1. The second kappa shape index (κ2) is 5.54. The van der Waals surface area contributed by atoms with Crippen molar-refractivity contribution in [2.75, 3.05) is 20.3 Å². The molecule has 0 radical (unpaired) electrons. The van der Waals surface area contributed by atoms with Crippen LogP contribution in [0, 0.1) is 0 Å². The van der Waals surface area contributed by atoms with Crippen molar-refractivity contribution in [2.45, 2.75) is 31.2 Å². The lowest BCUT2D eigenvalue weighted by Gasteiger charge is -2.25. The van der Waals surface area contributed by atoms with Crippen LogP contribution in [0.15, 0.2) is 6.33 Å². The quantitative estimate of drug-likeness (QED) is 0.814. The van der Waals surface area contributed by atoms with Crippen molar-refractivity contribution in [3.05, 3.63) is 12.2 Å².